The van der Waals surface area contributed by atoms with Gasteiger partial charge in [0.15, 0.2) is 0 Å². The van der Waals surface area contributed by atoms with Crippen molar-refractivity contribution in [2.45, 2.75) is 12.8 Å². The average Bonchev–Trinajstić information content (AvgIpc) is 2.94. The minimum Gasteiger partial charge on any atom is -0.392 e. The number of aliphatic hydroxyl groups is 1. The number of fused-ring (bicyclic) bond motifs is 1. The molecule has 0 bridgehead atoms. The van der Waals surface area contributed by atoms with Crippen molar-refractivity contribution >= 4 is 22.5 Å². The molecule has 3 rings (SSSR count). The highest BCUT2D eigenvalue weighted by atomic mass is 35.5. The zero-order valence-electron chi connectivity index (χ0n) is 11.1. The molecule has 1 aromatic heterocycles. The molecule has 0 fully saturated rings. The normalized spacial score (nSPS) is 12.0. The van der Waals surface area contributed by atoms with Crippen LogP contribution in [-0.2, 0) is 12.8 Å². The van der Waals surface area contributed by atoms with Crippen molar-refractivity contribution in [3.8, 4) is 11.1 Å². The maximum atomic E-state index is 13.1. The quantitative estimate of drug-likeness (QED) is 0.733. The first kappa shape index (κ1) is 14.9. The summed E-state index contributed by atoms with van der Waals surface area (Å²) in [4.78, 5) is 0. The van der Waals surface area contributed by atoms with E-state index in [1.54, 1.807) is 18.2 Å². The maximum absolute atomic E-state index is 13.1. The number of H-pyrrole nitrogens is 1. The van der Waals surface area contributed by atoms with Gasteiger partial charge >= 0.3 is 6.18 Å². The molecule has 3 nitrogen and oxygen atoms in total. The highest BCUT2D eigenvalue weighted by Crippen LogP contribution is 2.39. The highest BCUT2D eigenvalue weighted by molar-refractivity contribution is 6.33. The topological polar surface area (TPSA) is 48.9 Å². The fourth-order valence-electron chi connectivity index (χ4n) is 2.31. The van der Waals surface area contributed by atoms with Crippen molar-refractivity contribution in [3.63, 3.8) is 0 Å². The van der Waals surface area contributed by atoms with Crippen molar-refractivity contribution < 1.29 is 18.3 Å². The van der Waals surface area contributed by atoms with Gasteiger partial charge in [-0.25, -0.2) is 0 Å². The summed E-state index contributed by atoms with van der Waals surface area (Å²) in [6.07, 6.45) is -3.03. The molecule has 0 unspecified atom stereocenters. The van der Waals surface area contributed by atoms with Gasteiger partial charge in [0, 0.05) is 16.0 Å². The van der Waals surface area contributed by atoms with Crippen LogP contribution in [0.4, 0.5) is 13.2 Å². The van der Waals surface area contributed by atoms with Crippen LogP contribution in [0.25, 0.3) is 22.0 Å². The Morgan fingerprint density at radius 3 is 2.59 bits per heavy atom. The van der Waals surface area contributed by atoms with Crippen molar-refractivity contribution in [2.24, 2.45) is 0 Å². The van der Waals surface area contributed by atoms with Gasteiger partial charge in [-0.2, -0.15) is 18.3 Å². The molecule has 114 valence electrons. The summed E-state index contributed by atoms with van der Waals surface area (Å²) >= 11 is 6.13. The van der Waals surface area contributed by atoms with Gasteiger partial charge in [-0.15, -0.1) is 0 Å². The molecule has 0 aliphatic heterocycles. The van der Waals surface area contributed by atoms with Crippen LogP contribution in [0.2, 0.25) is 5.02 Å². The van der Waals surface area contributed by atoms with Crippen LogP contribution in [-0.4, -0.2) is 15.3 Å². The van der Waals surface area contributed by atoms with Gasteiger partial charge in [-0.3, -0.25) is 5.10 Å². The number of alkyl halides is 3. The third-order valence-corrected chi connectivity index (χ3v) is 3.72. The Morgan fingerprint density at radius 2 is 1.91 bits per heavy atom. The maximum Gasteiger partial charge on any atom is 0.416 e. The lowest BCUT2D eigenvalue weighted by Gasteiger charge is -2.12. The number of rotatable bonds is 2. The van der Waals surface area contributed by atoms with Crippen molar-refractivity contribution in [1.82, 2.24) is 10.2 Å². The Balaban J connectivity index is 2.32. The minimum atomic E-state index is -4.48. The number of hydrogen-bond acceptors (Lipinski definition) is 2. The molecule has 2 aromatic carbocycles. The summed E-state index contributed by atoms with van der Waals surface area (Å²) < 4.78 is 39.2. The number of benzene rings is 2. The minimum absolute atomic E-state index is 0.225. The van der Waals surface area contributed by atoms with Gasteiger partial charge in [0.05, 0.1) is 23.9 Å². The molecule has 3 aromatic rings. The highest BCUT2D eigenvalue weighted by Gasteiger charge is 2.32. The van der Waals surface area contributed by atoms with Gasteiger partial charge in [0.1, 0.15) is 0 Å². The predicted octanol–water partition coefficient (Wildman–Crippen LogP) is 4.39. The SMILES string of the molecule is OCc1ccc(Cl)c(-c2cc(C(F)(F)F)cc3[nH]ncc23)c1. The van der Waals surface area contributed by atoms with E-state index in [1.807, 2.05) is 0 Å². The van der Waals surface area contributed by atoms with Gasteiger partial charge in [0.25, 0.3) is 0 Å². The lowest BCUT2D eigenvalue weighted by Crippen LogP contribution is -2.05. The molecule has 1 heterocycles. The number of aromatic nitrogens is 2. The largest absolute Gasteiger partial charge is 0.416 e. The zero-order valence-corrected chi connectivity index (χ0v) is 11.8. The van der Waals surface area contributed by atoms with E-state index in [1.165, 1.54) is 6.20 Å². The second kappa shape index (κ2) is 5.30. The lowest BCUT2D eigenvalue weighted by molar-refractivity contribution is -0.137. The Morgan fingerprint density at radius 1 is 1.14 bits per heavy atom. The number of aliphatic hydroxyl groups excluding tert-OH is 1. The molecule has 0 spiro atoms. The molecule has 2 N–H and O–H groups in total. The Hall–Kier alpha value is -2.05. The molecular weight excluding hydrogens is 317 g/mol. The third kappa shape index (κ3) is 2.55. The molecule has 22 heavy (non-hydrogen) atoms. The molecule has 0 aliphatic carbocycles. The summed E-state index contributed by atoms with van der Waals surface area (Å²) in [5, 5.41) is 16.4. The number of nitrogens with one attached hydrogen (secondary N) is 1. The van der Waals surface area contributed by atoms with E-state index >= 15 is 0 Å². The summed E-state index contributed by atoms with van der Waals surface area (Å²) in [5.74, 6) is 0. The smallest absolute Gasteiger partial charge is 0.392 e. The van der Waals surface area contributed by atoms with Crippen LogP contribution in [0.5, 0.6) is 0 Å². The van der Waals surface area contributed by atoms with Crippen molar-refractivity contribution in [3.05, 3.63) is 52.7 Å². The summed E-state index contributed by atoms with van der Waals surface area (Å²) in [5.41, 5.74) is 0.790. The predicted molar refractivity (Wildman–Crippen MR) is 77.5 cm³/mol. The molecule has 0 atom stereocenters. The fraction of sp³-hybridized carbons (Fsp3) is 0.133. The third-order valence-electron chi connectivity index (χ3n) is 3.39. The molecule has 0 amide bonds. The second-order valence-corrected chi connectivity index (χ2v) is 5.23. The van der Waals surface area contributed by atoms with Crippen LogP contribution in [0.3, 0.4) is 0 Å². The van der Waals surface area contributed by atoms with Crippen LogP contribution in [0, 0.1) is 0 Å². The molecule has 0 aliphatic rings. The molecular formula is C15H10ClF3N2O. The zero-order chi connectivity index (χ0) is 15.9. The average molecular weight is 327 g/mol. The standard InChI is InChI=1S/C15H10ClF3N2O/c16-13-2-1-8(7-22)3-11(13)10-4-9(15(17,18)19)5-14-12(10)6-20-21-14/h1-6,22H,7H2,(H,20,21). The fourth-order valence-corrected chi connectivity index (χ4v) is 2.53. The van der Waals surface area contributed by atoms with E-state index in [4.69, 9.17) is 11.6 Å². The Labute approximate surface area is 128 Å². The van der Waals surface area contributed by atoms with Crippen LogP contribution >= 0.6 is 11.6 Å². The first-order valence-corrected chi connectivity index (χ1v) is 6.72. The van der Waals surface area contributed by atoms with Crippen molar-refractivity contribution in [1.29, 1.82) is 0 Å². The van der Waals surface area contributed by atoms with Crippen LogP contribution in [0.1, 0.15) is 11.1 Å². The molecule has 0 saturated carbocycles. The second-order valence-electron chi connectivity index (χ2n) is 4.83. The number of nitrogens with zero attached hydrogens (tertiary/aromatic N) is 1. The monoisotopic (exact) mass is 326 g/mol. The van der Waals surface area contributed by atoms with E-state index in [2.05, 4.69) is 10.2 Å². The molecule has 7 heteroatoms. The van der Waals surface area contributed by atoms with Gasteiger partial charge in [-0.05, 0) is 35.4 Å². The summed E-state index contributed by atoms with van der Waals surface area (Å²) in [7, 11) is 0. The first-order chi connectivity index (χ1) is 10.4. The Bertz CT molecular complexity index is 842. The van der Waals surface area contributed by atoms with E-state index in [0.29, 0.717) is 27.1 Å². The number of hydrogen-bond donors (Lipinski definition) is 2. The first-order valence-electron chi connectivity index (χ1n) is 6.34. The number of aromatic amines is 1. The van der Waals surface area contributed by atoms with Gasteiger partial charge < -0.3 is 5.11 Å². The van der Waals surface area contributed by atoms with Crippen LogP contribution < -0.4 is 0 Å². The molecule has 0 saturated heterocycles. The van der Waals surface area contributed by atoms with Gasteiger partial charge in [-0.1, -0.05) is 17.7 Å². The van der Waals surface area contributed by atoms with E-state index in [-0.39, 0.29) is 12.1 Å². The van der Waals surface area contributed by atoms with E-state index in [9.17, 15) is 18.3 Å². The Kier molecular flexibility index (Phi) is 3.58. The number of halogens is 4. The lowest BCUT2D eigenvalue weighted by atomic mass is 9.97. The van der Waals surface area contributed by atoms with Gasteiger partial charge in [0.2, 0.25) is 0 Å². The van der Waals surface area contributed by atoms with Crippen LogP contribution in [0.15, 0.2) is 36.5 Å². The van der Waals surface area contributed by atoms with E-state index < -0.39 is 11.7 Å². The summed E-state index contributed by atoms with van der Waals surface area (Å²) in [6, 6.07) is 6.79. The summed E-state index contributed by atoms with van der Waals surface area (Å²) in [6.45, 7) is -0.225. The van der Waals surface area contributed by atoms with Crippen molar-refractivity contribution in [2.75, 3.05) is 0 Å². The molecule has 0 radical (unpaired) electrons. The van der Waals surface area contributed by atoms with E-state index in [0.717, 1.165) is 12.1 Å².